The van der Waals surface area contributed by atoms with E-state index in [2.05, 4.69) is 141 Å². The lowest BCUT2D eigenvalue weighted by molar-refractivity contribution is -0.0757. The molecular formula is C25H30I3N5O2. The lowest BCUT2D eigenvalue weighted by Crippen LogP contribution is -2.65. The highest BCUT2D eigenvalue weighted by molar-refractivity contribution is 14.3. The first-order valence-electron chi connectivity index (χ1n) is 11.6. The minimum atomic E-state index is -0.333. The maximum atomic E-state index is 12.9. The molecule has 2 amide bonds. The SMILES string of the molecule is C/C(=C\Cc1ccc(C(I)(I)I)cc1)[C@H](C)Nc1nccc(N2C(=O)NC3(COC3)[C@@H]2C(C)C)n1. The molecular weight excluding hydrogens is 783 g/mol. The quantitative estimate of drug-likeness (QED) is 0.189. The number of rotatable bonds is 8. The van der Waals surface area contributed by atoms with E-state index in [9.17, 15) is 4.79 Å². The van der Waals surface area contributed by atoms with Gasteiger partial charge in [-0.1, -0.05) is 49.8 Å². The zero-order valence-corrected chi connectivity index (χ0v) is 26.7. The number of nitrogens with zero attached hydrogens (tertiary/aromatic N) is 3. The topological polar surface area (TPSA) is 79.4 Å². The number of halogens is 3. The van der Waals surface area contributed by atoms with E-state index in [4.69, 9.17) is 9.72 Å². The Bertz CT molecular complexity index is 1100. The number of carbonyl (C=O) groups excluding carboxylic acids is 1. The number of benzene rings is 1. The van der Waals surface area contributed by atoms with E-state index in [0.717, 1.165) is 6.42 Å². The van der Waals surface area contributed by atoms with Crippen LogP contribution in [0.5, 0.6) is 0 Å². The van der Waals surface area contributed by atoms with Crippen LogP contribution < -0.4 is 15.5 Å². The monoisotopic (exact) mass is 813 g/mol. The van der Waals surface area contributed by atoms with Gasteiger partial charge in [0.25, 0.3) is 0 Å². The van der Waals surface area contributed by atoms with Crippen LogP contribution >= 0.6 is 67.8 Å². The average molecular weight is 813 g/mol. The molecule has 35 heavy (non-hydrogen) atoms. The minimum absolute atomic E-state index is 0.0197. The summed E-state index contributed by atoms with van der Waals surface area (Å²) in [7, 11) is 0. The Morgan fingerprint density at radius 3 is 2.51 bits per heavy atom. The second kappa shape index (κ2) is 10.9. The molecule has 1 aromatic heterocycles. The first kappa shape index (κ1) is 27.3. The number of hydrogen-bond acceptors (Lipinski definition) is 5. The number of amides is 2. The molecule has 0 aliphatic carbocycles. The van der Waals surface area contributed by atoms with Crippen molar-refractivity contribution in [1.29, 1.82) is 0 Å². The van der Waals surface area contributed by atoms with Crippen LogP contribution in [0.3, 0.4) is 0 Å². The van der Waals surface area contributed by atoms with Gasteiger partial charge >= 0.3 is 6.03 Å². The Morgan fingerprint density at radius 1 is 1.26 bits per heavy atom. The fraction of sp³-hybridized carbons (Fsp3) is 0.480. The number of nitrogens with one attached hydrogen (secondary N) is 2. The maximum absolute atomic E-state index is 12.9. The van der Waals surface area contributed by atoms with Gasteiger partial charge in [-0.25, -0.2) is 9.78 Å². The number of anilines is 2. The lowest BCUT2D eigenvalue weighted by Gasteiger charge is -2.44. The molecule has 2 atom stereocenters. The molecule has 0 bridgehead atoms. The first-order chi connectivity index (χ1) is 16.5. The van der Waals surface area contributed by atoms with Gasteiger partial charge in [0.05, 0.1) is 19.3 Å². The lowest BCUT2D eigenvalue weighted by atomic mass is 9.82. The van der Waals surface area contributed by atoms with Gasteiger partial charge in [-0.05, 0) is 111 Å². The van der Waals surface area contributed by atoms with Crippen LogP contribution in [0.25, 0.3) is 0 Å². The molecule has 1 aromatic carbocycles. The Morgan fingerprint density at radius 2 is 1.94 bits per heavy atom. The van der Waals surface area contributed by atoms with Gasteiger partial charge in [-0.3, -0.25) is 4.90 Å². The number of carbonyl (C=O) groups is 1. The van der Waals surface area contributed by atoms with Crippen LogP contribution in [0.15, 0.2) is 48.2 Å². The van der Waals surface area contributed by atoms with Crippen LogP contribution in [-0.4, -0.2) is 46.8 Å². The van der Waals surface area contributed by atoms with Gasteiger partial charge in [0.1, 0.15) is 10.8 Å². The highest BCUT2D eigenvalue weighted by Crippen LogP contribution is 2.46. The van der Waals surface area contributed by atoms with Crippen molar-refractivity contribution in [2.45, 2.75) is 51.2 Å². The maximum Gasteiger partial charge on any atom is 0.324 e. The molecule has 2 fully saturated rings. The summed E-state index contributed by atoms with van der Waals surface area (Å²) in [4.78, 5) is 23.8. The minimum Gasteiger partial charge on any atom is -0.376 e. The van der Waals surface area contributed by atoms with Crippen molar-refractivity contribution >= 4 is 85.6 Å². The predicted octanol–water partition coefficient (Wildman–Crippen LogP) is 6.20. The third kappa shape index (κ3) is 6.06. The van der Waals surface area contributed by atoms with Gasteiger partial charge < -0.3 is 15.4 Å². The van der Waals surface area contributed by atoms with Crippen LogP contribution in [0.1, 0.15) is 38.8 Å². The van der Waals surface area contributed by atoms with E-state index in [1.807, 2.05) is 0 Å². The molecule has 3 heterocycles. The smallest absolute Gasteiger partial charge is 0.324 e. The number of allylic oxidation sites excluding steroid dienone is 1. The average Bonchev–Trinajstić information content (AvgIpc) is 3.11. The molecule has 2 aromatic rings. The number of ether oxygens (including phenoxy) is 1. The molecule has 2 N–H and O–H groups in total. The summed E-state index contributed by atoms with van der Waals surface area (Å²) < 4.78 is 5.53. The number of aromatic nitrogens is 2. The highest BCUT2D eigenvalue weighted by atomic mass is 127. The summed E-state index contributed by atoms with van der Waals surface area (Å²) in [6.45, 7) is 9.54. The first-order valence-corrected chi connectivity index (χ1v) is 14.9. The Balaban J connectivity index is 1.44. The molecule has 0 radical (unpaired) electrons. The Labute approximate surface area is 248 Å². The van der Waals surface area contributed by atoms with Crippen molar-refractivity contribution in [2.24, 2.45) is 5.92 Å². The normalized spacial score (nSPS) is 20.7. The van der Waals surface area contributed by atoms with Crippen molar-refractivity contribution in [1.82, 2.24) is 15.3 Å². The summed E-state index contributed by atoms with van der Waals surface area (Å²) in [6, 6.07) is 10.5. The zero-order chi connectivity index (χ0) is 25.4. The Hall–Kier alpha value is -0.740. The highest BCUT2D eigenvalue weighted by Gasteiger charge is 2.58. The van der Waals surface area contributed by atoms with E-state index in [1.54, 1.807) is 17.2 Å². The van der Waals surface area contributed by atoms with Crippen LogP contribution in [0.4, 0.5) is 16.6 Å². The molecule has 10 heteroatoms. The fourth-order valence-corrected chi connectivity index (χ4v) is 5.69. The van der Waals surface area contributed by atoms with E-state index >= 15 is 0 Å². The van der Waals surface area contributed by atoms with Gasteiger partial charge in [0.2, 0.25) is 5.95 Å². The van der Waals surface area contributed by atoms with Crippen molar-refractivity contribution < 1.29 is 9.53 Å². The molecule has 1 spiro atoms. The van der Waals surface area contributed by atoms with E-state index in [0.29, 0.717) is 25.0 Å². The molecule has 2 aliphatic heterocycles. The Kier molecular flexibility index (Phi) is 8.53. The van der Waals surface area contributed by atoms with E-state index in [-0.39, 0.29) is 29.0 Å². The van der Waals surface area contributed by atoms with Gasteiger partial charge in [0.15, 0.2) is 0 Å². The molecule has 4 rings (SSSR count). The fourth-order valence-electron chi connectivity index (χ4n) is 4.61. The van der Waals surface area contributed by atoms with Crippen LogP contribution in [0, 0.1) is 5.92 Å². The number of urea groups is 1. The molecule has 2 saturated heterocycles. The summed E-state index contributed by atoms with van der Waals surface area (Å²) in [5.41, 5.74) is 3.46. The van der Waals surface area contributed by atoms with Crippen molar-refractivity contribution in [3.05, 3.63) is 59.3 Å². The molecule has 7 nitrogen and oxygen atoms in total. The van der Waals surface area contributed by atoms with Crippen LogP contribution in [0.2, 0.25) is 0 Å². The number of alkyl halides is 3. The van der Waals surface area contributed by atoms with E-state index < -0.39 is 0 Å². The number of hydrogen-bond donors (Lipinski definition) is 2. The molecule has 188 valence electrons. The molecule has 0 saturated carbocycles. The molecule has 2 aliphatic rings. The van der Waals surface area contributed by atoms with Gasteiger partial charge in [-0.15, -0.1) is 0 Å². The van der Waals surface area contributed by atoms with Gasteiger partial charge in [-0.2, -0.15) is 4.98 Å². The summed E-state index contributed by atoms with van der Waals surface area (Å²) in [6.07, 6.45) is 4.81. The second-order valence-corrected chi connectivity index (χ2v) is 20.6. The predicted molar refractivity (Wildman–Crippen MR) is 166 cm³/mol. The summed E-state index contributed by atoms with van der Waals surface area (Å²) >= 11 is 7.33. The zero-order valence-electron chi connectivity index (χ0n) is 20.2. The standard InChI is InChI=1S/C25H30I3N5O2/c1-15(2)21-24(13-35-14-24)32-23(34)33(21)20-11-12-29-22(31-20)30-17(4)16(3)5-6-18-7-9-19(10-8-18)25(26,27)28/h5,7-12,15,17,21H,6,13-14H2,1-4H3,(H,32,34)(H,29,30,31)/b16-5+/t17-,21-/m0/s1. The third-order valence-corrected chi connectivity index (χ3v) is 8.50. The van der Waals surface area contributed by atoms with Crippen molar-refractivity contribution in [2.75, 3.05) is 23.4 Å². The summed E-state index contributed by atoms with van der Waals surface area (Å²) in [5, 5.41) is 6.54. The third-order valence-electron chi connectivity index (χ3n) is 6.63. The second-order valence-electron chi connectivity index (χ2n) is 9.59. The summed E-state index contributed by atoms with van der Waals surface area (Å²) in [5.74, 6) is 1.37. The van der Waals surface area contributed by atoms with E-state index in [1.165, 1.54) is 16.7 Å². The van der Waals surface area contributed by atoms with Gasteiger partial charge in [0, 0.05) is 12.2 Å². The van der Waals surface area contributed by atoms with Crippen LogP contribution in [-0.2, 0) is 10.6 Å². The van der Waals surface area contributed by atoms with Crippen molar-refractivity contribution in [3.63, 3.8) is 0 Å². The van der Waals surface area contributed by atoms with Crippen molar-refractivity contribution in [3.8, 4) is 0 Å². The molecule has 0 unspecified atom stereocenters. The largest absolute Gasteiger partial charge is 0.376 e.